The lowest BCUT2D eigenvalue weighted by Gasteiger charge is -2.28. The van der Waals surface area contributed by atoms with E-state index in [-0.39, 0.29) is 6.54 Å². The van der Waals surface area contributed by atoms with Crippen LogP contribution in [-0.4, -0.2) is 42.9 Å². The van der Waals surface area contributed by atoms with E-state index in [4.69, 9.17) is 10.5 Å². The molecular formula is C11H17N3O2. The predicted octanol–water partition coefficient (Wildman–Crippen LogP) is -0.0897. The maximum absolute atomic E-state index is 9.62. The molecular weight excluding hydrogens is 206 g/mol. The zero-order valence-electron chi connectivity index (χ0n) is 9.17. The molecule has 0 bridgehead atoms. The van der Waals surface area contributed by atoms with Gasteiger partial charge in [-0.05, 0) is 12.1 Å². The molecule has 16 heavy (non-hydrogen) atoms. The summed E-state index contributed by atoms with van der Waals surface area (Å²) in [6.45, 7) is 3.33. The minimum atomic E-state index is -0.680. The largest absolute Gasteiger partial charge is 0.385 e. The zero-order valence-corrected chi connectivity index (χ0v) is 9.17. The first-order chi connectivity index (χ1) is 7.81. The van der Waals surface area contributed by atoms with Gasteiger partial charge in [0.05, 0.1) is 18.9 Å². The highest BCUT2D eigenvalue weighted by Crippen LogP contribution is 2.16. The average molecular weight is 223 g/mol. The van der Waals surface area contributed by atoms with Crippen LogP contribution in [0.5, 0.6) is 0 Å². The summed E-state index contributed by atoms with van der Waals surface area (Å²) in [5.74, 6) is 0.883. The van der Waals surface area contributed by atoms with Crippen LogP contribution in [0.4, 0.5) is 5.82 Å². The number of nitrogens with zero attached hydrogens (tertiary/aromatic N) is 2. The maximum atomic E-state index is 9.62. The number of aliphatic hydroxyl groups excluding tert-OH is 1. The first kappa shape index (κ1) is 11.3. The van der Waals surface area contributed by atoms with E-state index in [2.05, 4.69) is 9.88 Å². The summed E-state index contributed by atoms with van der Waals surface area (Å²) >= 11 is 0. The Morgan fingerprint density at radius 2 is 2.19 bits per heavy atom. The normalized spacial score (nSPS) is 18.5. The lowest BCUT2D eigenvalue weighted by Crippen LogP contribution is -2.36. The number of hydrogen-bond donors (Lipinski definition) is 2. The highest BCUT2D eigenvalue weighted by Gasteiger charge is 2.14. The van der Waals surface area contributed by atoms with Crippen molar-refractivity contribution in [2.75, 3.05) is 37.7 Å². The molecule has 0 spiro atoms. The van der Waals surface area contributed by atoms with Gasteiger partial charge in [-0.1, -0.05) is 6.07 Å². The molecule has 3 N–H and O–H groups in total. The first-order valence-corrected chi connectivity index (χ1v) is 5.49. The standard InChI is InChI=1S/C11H17N3O2/c12-8-10(15)9-2-1-3-11(13-9)14-4-6-16-7-5-14/h1-3,10,15H,4-8,12H2. The Morgan fingerprint density at radius 3 is 2.88 bits per heavy atom. The van der Waals surface area contributed by atoms with E-state index >= 15 is 0 Å². The summed E-state index contributed by atoms with van der Waals surface area (Å²) in [5.41, 5.74) is 6.04. The van der Waals surface area contributed by atoms with E-state index in [0.717, 1.165) is 32.1 Å². The number of aromatic nitrogens is 1. The summed E-state index contributed by atoms with van der Waals surface area (Å²) in [7, 11) is 0. The van der Waals surface area contributed by atoms with Gasteiger partial charge in [0.15, 0.2) is 0 Å². The van der Waals surface area contributed by atoms with Gasteiger partial charge in [0.25, 0.3) is 0 Å². The number of aliphatic hydroxyl groups is 1. The fourth-order valence-electron chi connectivity index (χ4n) is 1.71. The van der Waals surface area contributed by atoms with Crippen LogP contribution in [0.2, 0.25) is 0 Å². The Balaban J connectivity index is 2.14. The molecule has 5 heteroatoms. The van der Waals surface area contributed by atoms with E-state index in [1.54, 1.807) is 6.07 Å². The highest BCUT2D eigenvalue weighted by atomic mass is 16.5. The van der Waals surface area contributed by atoms with Gasteiger partial charge in [0.2, 0.25) is 0 Å². The average Bonchev–Trinajstić information content (AvgIpc) is 2.39. The highest BCUT2D eigenvalue weighted by molar-refractivity contribution is 5.39. The smallest absolute Gasteiger partial charge is 0.129 e. The minimum absolute atomic E-state index is 0.194. The molecule has 0 saturated carbocycles. The second kappa shape index (κ2) is 5.25. The molecule has 1 unspecified atom stereocenters. The number of anilines is 1. The van der Waals surface area contributed by atoms with Gasteiger partial charge in [-0.25, -0.2) is 4.98 Å². The van der Waals surface area contributed by atoms with Crippen molar-refractivity contribution in [2.45, 2.75) is 6.10 Å². The molecule has 1 saturated heterocycles. The topological polar surface area (TPSA) is 71.6 Å². The monoisotopic (exact) mass is 223 g/mol. The van der Waals surface area contributed by atoms with Crippen LogP contribution >= 0.6 is 0 Å². The molecule has 1 aliphatic heterocycles. The molecule has 1 aromatic rings. The molecule has 1 fully saturated rings. The van der Waals surface area contributed by atoms with Crippen LogP contribution in [0.25, 0.3) is 0 Å². The van der Waals surface area contributed by atoms with Crippen LogP contribution in [0.15, 0.2) is 18.2 Å². The fraction of sp³-hybridized carbons (Fsp3) is 0.545. The van der Waals surface area contributed by atoms with Gasteiger partial charge in [0.1, 0.15) is 11.9 Å². The third kappa shape index (κ3) is 2.49. The lowest BCUT2D eigenvalue weighted by molar-refractivity contribution is 0.122. The molecule has 1 aromatic heterocycles. The fourth-order valence-corrected chi connectivity index (χ4v) is 1.71. The third-order valence-electron chi connectivity index (χ3n) is 2.66. The maximum Gasteiger partial charge on any atom is 0.129 e. The van der Waals surface area contributed by atoms with Gasteiger partial charge < -0.3 is 20.5 Å². The number of pyridine rings is 1. The number of ether oxygens (including phenoxy) is 1. The van der Waals surface area contributed by atoms with Crippen molar-refractivity contribution in [3.63, 3.8) is 0 Å². The van der Waals surface area contributed by atoms with Crippen LogP contribution in [-0.2, 0) is 4.74 Å². The summed E-state index contributed by atoms with van der Waals surface area (Å²) < 4.78 is 5.28. The Kier molecular flexibility index (Phi) is 3.71. The summed E-state index contributed by atoms with van der Waals surface area (Å²) in [6, 6.07) is 5.63. The number of hydrogen-bond acceptors (Lipinski definition) is 5. The van der Waals surface area contributed by atoms with Crippen molar-refractivity contribution in [1.82, 2.24) is 4.98 Å². The number of rotatable bonds is 3. The first-order valence-electron chi connectivity index (χ1n) is 5.49. The Bertz CT molecular complexity index is 340. The molecule has 1 atom stereocenters. The Morgan fingerprint density at radius 1 is 1.44 bits per heavy atom. The lowest BCUT2D eigenvalue weighted by atomic mass is 10.2. The third-order valence-corrected chi connectivity index (χ3v) is 2.66. The van der Waals surface area contributed by atoms with E-state index in [1.165, 1.54) is 0 Å². The number of nitrogens with two attached hydrogens (primary N) is 1. The molecule has 0 aromatic carbocycles. The van der Waals surface area contributed by atoms with Crippen LogP contribution in [0.1, 0.15) is 11.8 Å². The zero-order chi connectivity index (χ0) is 11.4. The molecule has 0 aliphatic carbocycles. The predicted molar refractivity (Wildman–Crippen MR) is 61.3 cm³/mol. The number of morpholine rings is 1. The van der Waals surface area contributed by atoms with Gasteiger partial charge in [0, 0.05) is 19.6 Å². The molecule has 1 aliphatic rings. The second-order valence-electron chi connectivity index (χ2n) is 3.77. The van der Waals surface area contributed by atoms with Gasteiger partial charge in [-0.15, -0.1) is 0 Å². The van der Waals surface area contributed by atoms with Crippen molar-refractivity contribution in [1.29, 1.82) is 0 Å². The Labute approximate surface area is 94.8 Å². The van der Waals surface area contributed by atoms with E-state index in [9.17, 15) is 5.11 Å². The van der Waals surface area contributed by atoms with Crippen LogP contribution in [0.3, 0.4) is 0 Å². The van der Waals surface area contributed by atoms with E-state index in [1.807, 2.05) is 12.1 Å². The van der Waals surface area contributed by atoms with Crippen molar-refractivity contribution < 1.29 is 9.84 Å². The van der Waals surface area contributed by atoms with Crippen molar-refractivity contribution >= 4 is 5.82 Å². The van der Waals surface area contributed by atoms with Gasteiger partial charge in [-0.2, -0.15) is 0 Å². The molecule has 2 rings (SSSR count). The molecule has 2 heterocycles. The summed E-state index contributed by atoms with van der Waals surface area (Å²) in [4.78, 5) is 6.56. The molecule has 88 valence electrons. The Hall–Kier alpha value is -1.17. The van der Waals surface area contributed by atoms with E-state index in [0.29, 0.717) is 5.69 Å². The van der Waals surface area contributed by atoms with Crippen LogP contribution in [0, 0.1) is 0 Å². The van der Waals surface area contributed by atoms with Gasteiger partial charge >= 0.3 is 0 Å². The molecule has 0 amide bonds. The second-order valence-corrected chi connectivity index (χ2v) is 3.77. The molecule has 0 radical (unpaired) electrons. The van der Waals surface area contributed by atoms with E-state index < -0.39 is 6.10 Å². The minimum Gasteiger partial charge on any atom is -0.385 e. The quantitative estimate of drug-likeness (QED) is 0.749. The SMILES string of the molecule is NCC(O)c1cccc(N2CCOCC2)n1. The summed E-state index contributed by atoms with van der Waals surface area (Å²) in [6.07, 6.45) is -0.680. The van der Waals surface area contributed by atoms with Gasteiger partial charge in [-0.3, -0.25) is 0 Å². The summed E-state index contributed by atoms with van der Waals surface area (Å²) in [5, 5.41) is 9.62. The van der Waals surface area contributed by atoms with Crippen molar-refractivity contribution in [3.05, 3.63) is 23.9 Å². The molecule has 5 nitrogen and oxygen atoms in total. The van der Waals surface area contributed by atoms with Crippen molar-refractivity contribution in [2.24, 2.45) is 5.73 Å². The van der Waals surface area contributed by atoms with Crippen LogP contribution < -0.4 is 10.6 Å². The van der Waals surface area contributed by atoms with Crippen molar-refractivity contribution in [3.8, 4) is 0 Å².